The van der Waals surface area contributed by atoms with Crippen LogP contribution in [0.25, 0.3) is 0 Å². The molecular formula is C15H24FNO. The molecule has 102 valence electrons. The van der Waals surface area contributed by atoms with Crippen molar-refractivity contribution in [2.45, 2.75) is 40.2 Å². The Morgan fingerprint density at radius 1 is 1.22 bits per heavy atom. The van der Waals surface area contributed by atoms with E-state index in [0.29, 0.717) is 29.7 Å². The number of halogens is 1. The normalized spacial score (nSPS) is 11.3. The molecule has 1 aromatic carbocycles. The van der Waals surface area contributed by atoms with Gasteiger partial charge in [0, 0.05) is 12.1 Å². The highest BCUT2D eigenvalue weighted by molar-refractivity contribution is 5.40. The Kier molecular flexibility index (Phi) is 5.60. The molecule has 0 amide bonds. The highest BCUT2D eigenvalue weighted by Crippen LogP contribution is 2.27. The second-order valence-corrected chi connectivity index (χ2v) is 5.36. The molecule has 0 bridgehead atoms. The number of ether oxygens (including phenoxy) is 1. The second kappa shape index (κ2) is 6.74. The van der Waals surface area contributed by atoms with Crippen LogP contribution in [0.5, 0.6) is 5.75 Å². The van der Waals surface area contributed by atoms with E-state index in [0.717, 1.165) is 12.1 Å². The number of nitrogens with one attached hydrogen (secondary N) is 1. The lowest BCUT2D eigenvalue weighted by molar-refractivity contribution is 0.399. The van der Waals surface area contributed by atoms with Crippen LogP contribution in [0.1, 0.15) is 44.7 Å². The molecule has 0 fully saturated rings. The molecular weight excluding hydrogens is 229 g/mol. The molecule has 0 unspecified atom stereocenters. The van der Waals surface area contributed by atoms with Gasteiger partial charge in [-0.15, -0.1) is 0 Å². The van der Waals surface area contributed by atoms with E-state index in [4.69, 9.17) is 4.74 Å². The van der Waals surface area contributed by atoms with E-state index >= 15 is 0 Å². The van der Waals surface area contributed by atoms with Gasteiger partial charge in [0.1, 0.15) is 11.6 Å². The molecule has 2 nitrogen and oxygen atoms in total. The lowest BCUT2D eigenvalue weighted by atomic mass is 10.00. The van der Waals surface area contributed by atoms with Crippen LogP contribution in [-0.4, -0.2) is 13.7 Å². The zero-order valence-electron chi connectivity index (χ0n) is 12.0. The van der Waals surface area contributed by atoms with Crippen molar-refractivity contribution in [3.63, 3.8) is 0 Å². The monoisotopic (exact) mass is 253 g/mol. The zero-order chi connectivity index (χ0) is 13.7. The van der Waals surface area contributed by atoms with Crippen molar-refractivity contribution in [1.82, 2.24) is 5.32 Å². The third-order valence-corrected chi connectivity index (χ3v) is 2.92. The van der Waals surface area contributed by atoms with Crippen LogP contribution >= 0.6 is 0 Å². The molecule has 1 N–H and O–H groups in total. The zero-order valence-corrected chi connectivity index (χ0v) is 12.0. The molecule has 0 saturated heterocycles. The number of benzene rings is 1. The molecule has 0 heterocycles. The summed E-state index contributed by atoms with van der Waals surface area (Å²) in [5, 5.41) is 3.25. The van der Waals surface area contributed by atoms with E-state index in [1.54, 1.807) is 13.2 Å². The van der Waals surface area contributed by atoms with E-state index in [-0.39, 0.29) is 5.82 Å². The summed E-state index contributed by atoms with van der Waals surface area (Å²) < 4.78 is 19.4. The molecule has 0 atom stereocenters. The Bertz CT molecular complexity index is 388. The molecule has 18 heavy (non-hydrogen) atoms. The van der Waals surface area contributed by atoms with Crippen molar-refractivity contribution in [2.24, 2.45) is 5.92 Å². The third kappa shape index (κ3) is 3.98. The number of hydrogen-bond donors (Lipinski definition) is 1. The fraction of sp³-hybridized carbons (Fsp3) is 0.600. The maximum Gasteiger partial charge on any atom is 0.131 e. The fourth-order valence-electron chi connectivity index (χ4n) is 1.80. The first kappa shape index (κ1) is 15.0. The summed E-state index contributed by atoms with van der Waals surface area (Å²) in [6.07, 6.45) is 0. The molecule has 0 saturated carbocycles. The summed E-state index contributed by atoms with van der Waals surface area (Å²) in [5.74, 6) is 1.30. The smallest absolute Gasteiger partial charge is 0.131 e. The third-order valence-electron chi connectivity index (χ3n) is 2.92. The van der Waals surface area contributed by atoms with Crippen molar-refractivity contribution in [1.29, 1.82) is 0 Å². The molecule has 3 heteroatoms. The first-order chi connectivity index (χ1) is 8.45. The lowest BCUT2D eigenvalue weighted by Crippen LogP contribution is -2.20. The van der Waals surface area contributed by atoms with Gasteiger partial charge in [0.05, 0.1) is 7.11 Å². The van der Waals surface area contributed by atoms with Crippen LogP contribution in [0.2, 0.25) is 0 Å². The van der Waals surface area contributed by atoms with Gasteiger partial charge in [0.15, 0.2) is 0 Å². The lowest BCUT2D eigenvalue weighted by Gasteiger charge is -2.15. The minimum Gasteiger partial charge on any atom is -0.496 e. The van der Waals surface area contributed by atoms with Crippen molar-refractivity contribution < 1.29 is 9.13 Å². The molecule has 0 radical (unpaired) electrons. The first-order valence-electron chi connectivity index (χ1n) is 6.52. The summed E-state index contributed by atoms with van der Waals surface area (Å²) in [6.45, 7) is 9.72. The van der Waals surface area contributed by atoms with Crippen LogP contribution in [0.4, 0.5) is 4.39 Å². The first-order valence-corrected chi connectivity index (χ1v) is 6.52. The maximum absolute atomic E-state index is 14.1. The SMILES string of the molecule is COc1cc(C(C)C)cc(F)c1CNCC(C)C. The number of methoxy groups -OCH3 is 1. The molecule has 1 rings (SSSR count). The van der Waals surface area contributed by atoms with E-state index in [1.165, 1.54) is 0 Å². The average Bonchev–Trinajstić information content (AvgIpc) is 2.29. The van der Waals surface area contributed by atoms with Crippen molar-refractivity contribution in [3.8, 4) is 5.75 Å². The highest BCUT2D eigenvalue weighted by Gasteiger charge is 2.13. The van der Waals surface area contributed by atoms with Gasteiger partial charge in [-0.3, -0.25) is 0 Å². The molecule has 0 spiro atoms. The van der Waals surface area contributed by atoms with Gasteiger partial charge in [0.25, 0.3) is 0 Å². The minimum absolute atomic E-state index is 0.186. The van der Waals surface area contributed by atoms with Gasteiger partial charge in [-0.2, -0.15) is 0 Å². The predicted octanol–water partition coefficient (Wildman–Crippen LogP) is 3.70. The second-order valence-electron chi connectivity index (χ2n) is 5.36. The Morgan fingerprint density at radius 2 is 1.89 bits per heavy atom. The van der Waals surface area contributed by atoms with Gasteiger partial charge in [-0.05, 0) is 36.1 Å². The van der Waals surface area contributed by atoms with Crippen LogP contribution in [0.15, 0.2) is 12.1 Å². The summed E-state index contributed by atoms with van der Waals surface area (Å²) in [7, 11) is 1.59. The summed E-state index contributed by atoms with van der Waals surface area (Å²) >= 11 is 0. The molecule has 1 aromatic rings. The van der Waals surface area contributed by atoms with E-state index in [2.05, 4.69) is 19.2 Å². The van der Waals surface area contributed by atoms with Gasteiger partial charge in [-0.25, -0.2) is 4.39 Å². The Morgan fingerprint density at radius 3 is 2.39 bits per heavy atom. The molecule has 0 aliphatic rings. The highest BCUT2D eigenvalue weighted by atomic mass is 19.1. The van der Waals surface area contributed by atoms with Crippen molar-refractivity contribution >= 4 is 0 Å². The Balaban J connectivity index is 2.89. The number of rotatable bonds is 6. The number of hydrogen-bond acceptors (Lipinski definition) is 2. The predicted molar refractivity (Wildman–Crippen MR) is 73.6 cm³/mol. The van der Waals surface area contributed by atoms with Crippen LogP contribution in [-0.2, 0) is 6.54 Å². The van der Waals surface area contributed by atoms with Crippen LogP contribution in [0, 0.1) is 11.7 Å². The standard InChI is InChI=1S/C15H24FNO/c1-10(2)8-17-9-13-14(16)6-12(11(3)4)7-15(13)18-5/h6-7,10-11,17H,8-9H2,1-5H3. The summed E-state index contributed by atoms with van der Waals surface area (Å²) in [6, 6.07) is 3.54. The van der Waals surface area contributed by atoms with Gasteiger partial charge in [0.2, 0.25) is 0 Å². The van der Waals surface area contributed by atoms with Crippen LogP contribution < -0.4 is 10.1 Å². The van der Waals surface area contributed by atoms with Gasteiger partial charge < -0.3 is 10.1 Å². The fourth-order valence-corrected chi connectivity index (χ4v) is 1.80. The van der Waals surface area contributed by atoms with Crippen LogP contribution in [0.3, 0.4) is 0 Å². The van der Waals surface area contributed by atoms with Gasteiger partial charge >= 0.3 is 0 Å². The molecule has 0 aromatic heterocycles. The van der Waals surface area contributed by atoms with Crippen molar-refractivity contribution in [3.05, 3.63) is 29.1 Å². The summed E-state index contributed by atoms with van der Waals surface area (Å²) in [5.41, 5.74) is 1.58. The summed E-state index contributed by atoms with van der Waals surface area (Å²) in [4.78, 5) is 0. The topological polar surface area (TPSA) is 21.3 Å². The quantitative estimate of drug-likeness (QED) is 0.834. The largest absolute Gasteiger partial charge is 0.496 e. The Labute approximate surface area is 110 Å². The average molecular weight is 253 g/mol. The van der Waals surface area contributed by atoms with E-state index in [9.17, 15) is 4.39 Å². The maximum atomic E-state index is 14.1. The van der Waals surface area contributed by atoms with E-state index < -0.39 is 0 Å². The molecule has 0 aliphatic carbocycles. The Hall–Kier alpha value is -1.09. The van der Waals surface area contributed by atoms with E-state index in [1.807, 2.05) is 19.9 Å². The minimum atomic E-state index is -0.186. The molecule has 0 aliphatic heterocycles. The van der Waals surface area contributed by atoms with Crippen molar-refractivity contribution in [2.75, 3.05) is 13.7 Å². The van der Waals surface area contributed by atoms with Gasteiger partial charge in [-0.1, -0.05) is 27.7 Å².